The summed E-state index contributed by atoms with van der Waals surface area (Å²) in [5.41, 5.74) is 5.64. The molecule has 0 bridgehead atoms. The number of anilines is 2. The molecule has 0 aliphatic carbocycles. The van der Waals surface area contributed by atoms with E-state index in [0.717, 1.165) is 17.7 Å². The van der Waals surface area contributed by atoms with Crippen LogP contribution in [0.5, 0.6) is 0 Å². The second kappa shape index (κ2) is 7.15. The van der Waals surface area contributed by atoms with Crippen LogP contribution in [0, 0.1) is 10.1 Å². The number of hydrazone groups is 1. The highest BCUT2D eigenvalue weighted by Crippen LogP contribution is 2.44. The van der Waals surface area contributed by atoms with Crippen LogP contribution < -0.4 is 10.3 Å². The lowest BCUT2D eigenvalue weighted by Gasteiger charge is -2.45. The number of fused-ring (bicyclic) bond motifs is 1. The van der Waals surface area contributed by atoms with E-state index in [1.165, 1.54) is 23.9 Å². The maximum atomic E-state index is 11.0. The molecule has 0 fully saturated rings. The number of nitro groups is 1. The van der Waals surface area contributed by atoms with Gasteiger partial charge in [-0.3, -0.25) is 15.5 Å². The molecule has 142 valence electrons. The van der Waals surface area contributed by atoms with Gasteiger partial charge in [0.15, 0.2) is 0 Å². The Balaban J connectivity index is 1.88. The second-order valence-electron chi connectivity index (χ2n) is 7.41. The molecule has 0 amide bonds. The van der Waals surface area contributed by atoms with Gasteiger partial charge in [0.1, 0.15) is 0 Å². The Labute approximate surface area is 163 Å². The highest BCUT2D eigenvalue weighted by molar-refractivity contribution is 6.33. The van der Waals surface area contributed by atoms with Gasteiger partial charge in [-0.25, -0.2) is 4.98 Å². The highest BCUT2D eigenvalue weighted by Gasteiger charge is 2.34. The lowest BCUT2D eigenvalue weighted by atomic mass is 9.80. The fraction of sp³-hybridized carbons (Fsp3) is 0.368. The molecule has 1 atom stereocenters. The average molecular weight is 388 g/mol. The number of nitrogens with one attached hydrogen (secondary N) is 1. The van der Waals surface area contributed by atoms with Gasteiger partial charge < -0.3 is 4.90 Å². The number of pyridine rings is 1. The summed E-state index contributed by atoms with van der Waals surface area (Å²) in [4.78, 5) is 16.7. The van der Waals surface area contributed by atoms with Gasteiger partial charge in [-0.15, -0.1) is 0 Å². The molecule has 1 aromatic carbocycles. The maximum Gasteiger partial charge on any atom is 0.313 e. The van der Waals surface area contributed by atoms with E-state index < -0.39 is 4.92 Å². The SMILES string of the molecule is CC1CC(C)(C)N(C)c2cc(Cl)c(/C=N/Nc3ncccc3[N+](=O)[O-])cc21. The summed E-state index contributed by atoms with van der Waals surface area (Å²) in [7, 11) is 2.08. The first-order valence-corrected chi connectivity index (χ1v) is 9.04. The van der Waals surface area contributed by atoms with Gasteiger partial charge in [0.25, 0.3) is 0 Å². The summed E-state index contributed by atoms with van der Waals surface area (Å²) in [6, 6.07) is 6.87. The minimum atomic E-state index is -0.504. The molecule has 7 nitrogen and oxygen atoms in total. The van der Waals surface area contributed by atoms with Crippen molar-refractivity contribution in [2.75, 3.05) is 17.4 Å². The maximum absolute atomic E-state index is 11.0. The van der Waals surface area contributed by atoms with Crippen LogP contribution in [0.3, 0.4) is 0 Å². The number of aromatic nitrogens is 1. The molecule has 0 saturated carbocycles. The fourth-order valence-electron chi connectivity index (χ4n) is 3.50. The molecule has 2 heterocycles. The summed E-state index contributed by atoms with van der Waals surface area (Å²) in [6.07, 6.45) is 4.07. The monoisotopic (exact) mass is 387 g/mol. The van der Waals surface area contributed by atoms with Crippen LogP contribution in [0.1, 0.15) is 44.2 Å². The van der Waals surface area contributed by atoms with Crippen molar-refractivity contribution in [2.45, 2.75) is 38.6 Å². The first kappa shape index (κ1) is 19.1. The Bertz CT molecular complexity index is 913. The van der Waals surface area contributed by atoms with Crippen molar-refractivity contribution in [3.05, 3.63) is 56.7 Å². The van der Waals surface area contributed by atoms with E-state index >= 15 is 0 Å². The second-order valence-corrected chi connectivity index (χ2v) is 7.81. The van der Waals surface area contributed by atoms with Crippen molar-refractivity contribution in [2.24, 2.45) is 5.10 Å². The normalized spacial score (nSPS) is 18.4. The highest BCUT2D eigenvalue weighted by atomic mass is 35.5. The number of hydrogen-bond acceptors (Lipinski definition) is 6. The van der Waals surface area contributed by atoms with E-state index in [2.05, 4.69) is 48.2 Å². The Hall–Kier alpha value is -2.67. The minimum absolute atomic E-state index is 0.0603. The van der Waals surface area contributed by atoms with Crippen LogP contribution in [-0.2, 0) is 0 Å². The van der Waals surface area contributed by atoms with Gasteiger partial charge in [0.2, 0.25) is 5.82 Å². The topological polar surface area (TPSA) is 83.7 Å². The van der Waals surface area contributed by atoms with Gasteiger partial charge in [-0.1, -0.05) is 18.5 Å². The molecular formula is C19H22ClN5O2. The Kier molecular flexibility index (Phi) is 5.06. The molecule has 1 unspecified atom stereocenters. The Morgan fingerprint density at radius 1 is 1.48 bits per heavy atom. The number of nitrogens with zero attached hydrogens (tertiary/aromatic N) is 4. The average Bonchev–Trinajstić information content (AvgIpc) is 2.60. The molecule has 27 heavy (non-hydrogen) atoms. The third kappa shape index (κ3) is 3.73. The van der Waals surface area contributed by atoms with E-state index in [0.29, 0.717) is 10.9 Å². The lowest BCUT2D eigenvalue weighted by Crippen LogP contribution is -2.45. The quantitative estimate of drug-likeness (QED) is 0.462. The third-order valence-electron chi connectivity index (χ3n) is 5.11. The zero-order chi connectivity index (χ0) is 19.8. The summed E-state index contributed by atoms with van der Waals surface area (Å²) in [5.74, 6) is 0.475. The third-order valence-corrected chi connectivity index (χ3v) is 5.44. The van der Waals surface area contributed by atoms with E-state index in [-0.39, 0.29) is 17.0 Å². The lowest BCUT2D eigenvalue weighted by molar-refractivity contribution is -0.384. The molecule has 1 aromatic heterocycles. The predicted octanol–water partition coefficient (Wildman–Crippen LogP) is 4.81. The van der Waals surface area contributed by atoms with Crippen molar-refractivity contribution in [1.29, 1.82) is 0 Å². The summed E-state index contributed by atoms with van der Waals surface area (Å²) < 4.78 is 0. The standard InChI is InChI=1S/C19H22ClN5O2/c1-12-10-19(2,3)24(4)17-9-15(20)13(8-14(12)17)11-22-23-18-16(25(26)27)6-5-7-21-18/h5-9,11-12H,10H2,1-4H3,(H,21,23)/b22-11+. The van der Waals surface area contributed by atoms with Crippen LogP contribution in [0.4, 0.5) is 17.2 Å². The number of rotatable bonds is 4. The van der Waals surface area contributed by atoms with E-state index in [9.17, 15) is 10.1 Å². The molecule has 0 saturated heterocycles. The van der Waals surface area contributed by atoms with Crippen molar-refractivity contribution in [3.8, 4) is 0 Å². The number of benzene rings is 1. The largest absolute Gasteiger partial charge is 0.369 e. The van der Waals surface area contributed by atoms with E-state index in [4.69, 9.17) is 11.6 Å². The molecule has 1 aliphatic heterocycles. The van der Waals surface area contributed by atoms with Crippen LogP contribution >= 0.6 is 11.6 Å². The zero-order valence-corrected chi connectivity index (χ0v) is 16.5. The van der Waals surface area contributed by atoms with Crippen molar-refractivity contribution >= 4 is 35.0 Å². The van der Waals surface area contributed by atoms with Crippen LogP contribution in [0.25, 0.3) is 0 Å². The molecule has 2 aromatic rings. The number of halogens is 1. The Morgan fingerprint density at radius 3 is 2.93 bits per heavy atom. The first-order valence-electron chi connectivity index (χ1n) is 8.66. The molecule has 0 spiro atoms. The summed E-state index contributed by atoms with van der Waals surface area (Å²) >= 11 is 6.46. The predicted molar refractivity (Wildman–Crippen MR) is 109 cm³/mol. The molecule has 0 radical (unpaired) electrons. The smallest absolute Gasteiger partial charge is 0.313 e. The molecule has 1 aliphatic rings. The number of hydrogen-bond donors (Lipinski definition) is 1. The van der Waals surface area contributed by atoms with E-state index in [1.807, 2.05) is 12.1 Å². The van der Waals surface area contributed by atoms with Gasteiger partial charge >= 0.3 is 5.69 Å². The van der Waals surface area contributed by atoms with Gasteiger partial charge in [-0.2, -0.15) is 5.10 Å². The molecular weight excluding hydrogens is 366 g/mol. The van der Waals surface area contributed by atoms with Gasteiger partial charge in [-0.05, 0) is 49.9 Å². The fourth-order valence-corrected chi connectivity index (χ4v) is 3.70. The van der Waals surface area contributed by atoms with Crippen LogP contribution in [-0.4, -0.2) is 28.7 Å². The first-order chi connectivity index (χ1) is 12.7. The van der Waals surface area contributed by atoms with Gasteiger partial charge in [0.05, 0.1) is 16.2 Å². The van der Waals surface area contributed by atoms with Crippen LogP contribution in [0.2, 0.25) is 5.02 Å². The van der Waals surface area contributed by atoms with Crippen LogP contribution in [0.15, 0.2) is 35.6 Å². The Morgan fingerprint density at radius 2 is 2.22 bits per heavy atom. The summed E-state index contributed by atoms with van der Waals surface area (Å²) in [6.45, 7) is 6.65. The summed E-state index contributed by atoms with van der Waals surface area (Å²) in [5, 5.41) is 15.7. The van der Waals surface area contributed by atoms with Gasteiger partial charge in [0, 0.05) is 36.1 Å². The zero-order valence-electron chi connectivity index (χ0n) is 15.7. The molecule has 3 rings (SSSR count). The molecule has 8 heteroatoms. The van der Waals surface area contributed by atoms with E-state index in [1.54, 1.807) is 6.21 Å². The minimum Gasteiger partial charge on any atom is -0.369 e. The van der Waals surface area contributed by atoms with Crippen molar-refractivity contribution in [3.63, 3.8) is 0 Å². The van der Waals surface area contributed by atoms with Crippen molar-refractivity contribution in [1.82, 2.24) is 4.98 Å². The van der Waals surface area contributed by atoms with Crippen molar-refractivity contribution < 1.29 is 4.92 Å². The molecule has 1 N–H and O–H groups in total.